The molecule has 1 amide bonds. The van der Waals surface area contributed by atoms with Crippen molar-refractivity contribution in [3.05, 3.63) is 66.2 Å². The number of amides is 1. The summed E-state index contributed by atoms with van der Waals surface area (Å²) in [5, 5.41) is 28.1. The quantitative estimate of drug-likeness (QED) is 0.420. The van der Waals surface area contributed by atoms with Gasteiger partial charge in [0.1, 0.15) is 12.1 Å². The van der Waals surface area contributed by atoms with E-state index in [-0.39, 0.29) is 12.1 Å². The third-order valence-corrected chi connectivity index (χ3v) is 7.24. The maximum Gasteiger partial charge on any atom is 0.409 e. The van der Waals surface area contributed by atoms with Crippen molar-refractivity contribution in [2.24, 2.45) is 0 Å². The molecule has 10 heteroatoms. The van der Waals surface area contributed by atoms with Crippen LogP contribution >= 0.6 is 11.8 Å². The van der Waals surface area contributed by atoms with Crippen LogP contribution in [-0.2, 0) is 4.74 Å². The molecule has 4 aromatic rings. The lowest BCUT2D eigenvalue weighted by Crippen LogP contribution is -2.39. The predicted molar refractivity (Wildman–Crippen MR) is 129 cm³/mol. The molecule has 35 heavy (non-hydrogen) atoms. The average molecular weight is 484 g/mol. The number of rotatable bonds is 4. The largest absolute Gasteiger partial charge is 0.453 e. The number of nitriles is 2. The molecule has 1 aromatic carbocycles. The summed E-state index contributed by atoms with van der Waals surface area (Å²) in [7, 11) is 1.40. The van der Waals surface area contributed by atoms with Crippen LogP contribution in [0.2, 0.25) is 0 Å². The summed E-state index contributed by atoms with van der Waals surface area (Å²) >= 11 is 1.44. The molecule has 0 saturated carbocycles. The predicted octanol–water partition coefficient (Wildman–Crippen LogP) is 4.50. The zero-order chi connectivity index (χ0) is 24.4. The van der Waals surface area contributed by atoms with Crippen LogP contribution in [0.3, 0.4) is 0 Å². The van der Waals surface area contributed by atoms with E-state index in [9.17, 15) is 15.3 Å². The van der Waals surface area contributed by atoms with E-state index in [1.54, 1.807) is 21.7 Å². The lowest BCUT2D eigenvalue weighted by atomic mass is 10.1. The highest BCUT2D eigenvalue weighted by Gasteiger charge is 2.25. The van der Waals surface area contributed by atoms with Gasteiger partial charge in [0, 0.05) is 46.4 Å². The topological polar surface area (TPSA) is 112 Å². The number of fused-ring (bicyclic) bond motifs is 1. The normalized spacial score (nSPS) is 14.0. The maximum atomic E-state index is 11.8. The fraction of sp³-hybridized carbons (Fsp3) is 0.240. The highest BCUT2D eigenvalue weighted by molar-refractivity contribution is 7.99. The van der Waals surface area contributed by atoms with E-state index >= 15 is 0 Å². The Morgan fingerprint density at radius 3 is 2.54 bits per heavy atom. The second kappa shape index (κ2) is 9.53. The molecule has 1 aliphatic rings. The summed E-state index contributed by atoms with van der Waals surface area (Å²) < 4.78 is 8.48. The van der Waals surface area contributed by atoms with E-state index < -0.39 is 0 Å². The zero-order valence-corrected chi connectivity index (χ0v) is 19.8. The molecule has 0 aliphatic carbocycles. The Morgan fingerprint density at radius 1 is 1.03 bits per heavy atom. The van der Waals surface area contributed by atoms with Crippen molar-refractivity contribution >= 4 is 23.4 Å². The number of hydrogen-bond donors (Lipinski definition) is 0. The highest BCUT2D eigenvalue weighted by atomic mass is 32.2. The number of aromatic nitrogens is 4. The van der Waals surface area contributed by atoms with Gasteiger partial charge >= 0.3 is 6.09 Å². The summed E-state index contributed by atoms with van der Waals surface area (Å²) in [5.74, 6) is 0. The van der Waals surface area contributed by atoms with Crippen molar-refractivity contribution in [3.63, 3.8) is 0 Å². The number of benzene rings is 1. The Hall–Kier alpha value is -4.28. The molecule has 0 unspecified atom stereocenters. The van der Waals surface area contributed by atoms with Gasteiger partial charge in [-0.2, -0.15) is 20.7 Å². The van der Waals surface area contributed by atoms with Crippen LogP contribution in [0.1, 0.15) is 30.0 Å². The van der Waals surface area contributed by atoms with Gasteiger partial charge in [-0.15, -0.1) is 0 Å². The molecule has 0 bridgehead atoms. The Morgan fingerprint density at radius 2 is 1.80 bits per heavy atom. The van der Waals surface area contributed by atoms with Crippen LogP contribution in [0.25, 0.3) is 16.6 Å². The Kier molecular flexibility index (Phi) is 6.13. The van der Waals surface area contributed by atoms with Crippen molar-refractivity contribution in [2.45, 2.75) is 28.7 Å². The number of piperidine rings is 1. The summed E-state index contributed by atoms with van der Waals surface area (Å²) in [6.07, 6.45) is 8.57. The fourth-order valence-electron chi connectivity index (χ4n) is 4.30. The van der Waals surface area contributed by atoms with Crippen LogP contribution in [0.15, 0.2) is 64.9 Å². The van der Waals surface area contributed by atoms with Crippen molar-refractivity contribution in [1.29, 1.82) is 10.5 Å². The molecule has 1 saturated heterocycles. The van der Waals surface area contributed by atoms with Crippen molar-refractivity contribution in [2.75, 3.05) is 20.2 Å². The second-order valence-corrected chi connectivity index (χ2v) is 9.25. The van der Waals surface area contributed by atoms with Gasteiger partial charge in [0.05, 0.1) is 42.2 Å². The molecule has 1 fully saturated rings. The summed E-state index contributed by atoms with van der Waals surface area (Å²) in [4.78, 5) is 15.1. The highest BCUT2D eigenvalue weighted by Crippen LogP contribution is 2.37. The lowest BCUT2D eigenvalue weighted by Gasteiger charge is -2.30. The number of methoxy groups -OCH3 is 1. The molecule has 174 valence electrons. The van der Waals surface area contributed by atoms with Gasteiger partial charge in [0.15, 0.2) is 0 Å². The van der Waals surface area contributed by atoms with Crippen molar-refractivity contribution in [1.82, 2.24) is 24.3 Å². The first-order valence-corrected chi connectivity index (χ1v) is 11.9. The van der Waals surface area contributed by atoms with Crippen molar-refractivity contribution in [3.8, 4) is 23.3 Å². The minimum atomic E-state index is -0.295. The van der Waals surface area contributed by atoms with Crippen LogP contribution in [0, 0.1) is 22.7 Å². The third kappa shape index (κ3) is 4.32. The number of carbonyl (C=O) groups excluding carboxylic acids is 1. The van der Waals surface area contributed by atoms with E-state index in [2.05, 4.69) is 22.3 Å². The summed E-state index contributed by atoms with van der Waals surface area (Å²) in [6, 6.07) is 14.0. The first-order chi connectivity index (χ1) is 17.1. The first-order valence-electron chi connectivity index (χ1n) is 11.1. The number of nitrogens with zero attached hydrogens (tertiary/aromatic N) is 7. The zero-order valence-electron chi connectivity index (χ0n) is 19.0. The molecular weight excluding hydrogens is 462 g/mol. The molecule has 1 aliphatic heterocycles. The molecule has 0 atom stereocenters. The number of ether oxygens (including phenoxy) is 1. The number of likely N-dealkylation sites (tertiary alicyclic amines) is 1. The van der Waals surface area contributed by atoms with Gasteiger partial charge in [-0.3, -0.25) is 4.68 Å². The van der Waals surface area contributed by atoms with Gasteiger partial charge < -0.3 is 9.64 Å². The molecular formula is C25H21N7O2S. The molecule has 0 radical (unpaired) electrons. The van der Waals surface area contributed by atoms with E-state index in [0.717, 1.165) is 33.8 Å². The second-order valence-electron chi connectivity index (χ2n) is 8.16. The number of carbonyl (C=O) groups is 1. The van der Waals surface area contributed by atoms with Crippen LogP contribution < -0.4 is 0 Å². The van der Waals surface area contributed by atoms with E-state index in [4.69, 9.17) is 4.74 Å². The smallest absolute Gasteiger partial charge is 0.409 e. The fourth-order valence-corrected chi connectivity index (χ4v) is 5.39. The minimum absolute atomic E-state index is 0.194. The Balaban J connectivity index is 1.47. The average Bonchev–Trinajstić information content (AvgIpc) is 3.56. The van der Waals surface area contributed by atoms with Gasteiger partial charge in [0.2, 0.25) is 0 Å². The van der Waals surface area contributed by atoms with E-state index in [1.807, 2.05) is 47.5 Å². The van der Waals surface area contributed by atoms with Gasteiger partial charge in [-0.1, -0.05) is 23.9 Å². The Labute approximate surface area is 206 Å². The van der Waals surface area contributed by atoms with Crippen LogP contribution in [0.4, 0.5) is 4.79 Å². The molecule has 9 nitrogen and oxygen atoms in total. The SMILES string of the molecule is COC(=O)N1CCC(n2cc(-c3cc(Sc4ccccc4C#N)c4c(C#N)cnn4c3)cn2)CC1. The van der Waals surface area contributed by atoms with Crippen LogP contribution in [0.5, 0.6) is 0 Å². The molecule has 3 aromatic heterocycles. The number of pyridine rings is 1. The molecule has 4 heterocycles. The molecule has 0 spiro atoms. The molecule has 0 N–H and O–H groups in total. The molecule has 5 rings (SSSR count). The van der Waals surface area contributed by atoms with Gasteiger partial charge in [0.25, 0.3) is 0 Å². The van der Waals surface area contributed by atoms with Gasteiger partial charge in [-0.05, 0) is 31.0 Å². The summed E-state index contributed by atoms with van der Waals surface area (Å²) in [5.41, 5.74) is 3.58. The standard InChI is InChI=1S/C25H21N7O2S/c1-34-25(33)30-8-6-21(7-9-30)31-16-20(14-28-31)18-10-23(24-19(12-27)13-29-32(24)15-18)35-22-5-3-2-4-17(22)11-26/h2-5,10,13-16,21H,6-9H2,1H3. The lowest BCUT2D eigenvalue weighted by molar-refractivity contribution is 0.105. The summed E-state index contributed by atoms with van der Waals surface area (Å²) in [6.45, 7) is 1.25. The van der Waals surface area contributed by atoms with Crippen molar-refractivity contribution < 1.29 is 9.53 Å². The number of hydrogen-bond acceptors (Lipinski definition) is 7. The minimum Gasteiger partial charge on any atom is -0.453 e. The van der Waals surface area contributed by atoms with E-state index in [1.165, 1.54) is 18.9 Å². The maximum absolute atomic E-state index is 11.8. The monoisotopic (exact) mass is 483 g/mol. The Bertz CT molecular complexity index is 1490. The van der Waals surface area contributed by atoms with E-state index in [0.29, 0.717) is 29.7 Å². The van der Waals surface area contributed by atoms with Gasteiger partial charge in [-0.25, -0.2) is 9.31 Å². The van der Waals surface area contributed by atoms with Crippen LogP contribution in [-0.4, -0.2) is 50.6 Å². The third-order valence-electron chi connectivity index (χ3n) is 6.13. The first kappa shape index (κ1) is 22.5.